The van der Waals surface area contributed by atoms with Crippen LogP contribution in [0, 0.1) is 6.92 Å². The largest absolute Gasteiger partial charge is 0.508 e. The van der Waals surface area contributed by atoms with E-state index in [1.165, 1.54) is 0 Å². The number of hydrogen-bond acceptors (Lipinski definition) is 2. The summed E-state index contributed by atoms with van der Waals surface area (Å²) in [5.74, 6) is 0.162. The first kappa shape index (κ1) is 14.1. The van der Waals surface area contributed by atoms with Gasteiger partial charge in [0.2, 0.25) is 5.78 Å². The minimum Gasteiger partial charge on any atom is -0.508 e. The summed E-state index contributed by atoms with van der Waals surface area (Å²) in [5.41, 5.74) is 3.29. The molecule has 0 atom stereocenters. The lowest BCUT2D eigenvalue weighted by Crippen LogP contribution is -2.09. The minimum absolute atomic E-state index is 0.0301. The Hall–Kier alpha value is -2.81. The third kappa shape index (κ3) is 2.42. The Kier molecular flexibility index (Phi) is 3.55. The molecule has 0 saturated carbocycles. The summed E-state index contributed by atoms with van der Waals surface area (Å²) in [6.07, 6.45) is 1.76. The van der Waals surface area contributed by atoms with Gasteiger partial charge < -0.3 is 9.67 Å². The smallest absolute Gasteiger partial charge is 0.209 e. The predicted molar refractivity (Wildman–Crippen MR) is 88.4 cm³/mol. The normalized spacial score (nSPS) is 10.8. The molecule has 1 aromatic heterocycles. The molecular weight excluding hydrogens is 274 g/mol. The zero-order chi connectivity index (χ0) is 15.7. The number of benzene rings is 2. The zero-order valence-electron chi connectivity index (χ0n) is 12.4. The van der Waals surface area contributed by atoms with Crippen LogP contribution in [0.2, 0.25) is 0 Å². The fourth-order valence-electron chi connectivity index (χ4n) is 2.63. The number of phenols is 1. The van der Waals surface area contributed by atoms with Crippen molar-refractivity contribution in [2.45, 2.75) is 13.5 Å². The second-order valence-corrected chi connectivity index (χ2v) is 5.37. The average molecular weight is 291 g/mol. The van der Waals surface area contributed by atoms with E-state index in [1.807, 2.05) is 47.9 Å². The van der Waals surface area contributed by atoms with Crippen molar-refractivity contribution in [2.75, 3.05) is 0 Å². The maximum absolute atomic E-state index is 12.8. The number of nitrogens with zero attached hydrogens (tertiary/aromatic N) is 1. The molecule has 0 bridgehead atoms. The highest BCUT2D eigenvalue weighted by Gasteiger charge is 2.16. The van der Waals surface area contributed by atoms with E-state index in [0.29, 0.717) is 17.8 Å². The van der Waals surface area contributed by atoms with Gasteiger partial charge in [-0.05, 0) is 31.2 Å². The Morgan fingerprint density at radius 3 is 2.59 bits per heavy atom. The van der Waals surface area contributed by atoms with Gasteiger partial charge in [0.1, 0.15) is 5.75 Å². The van der Waals surface area contributed by atoms with Crippen LogP contribution in [0.4, 0.5) is 0 Å². The Morgan fingerprint density at radius 2 is 1.91 bits per heavy atom. The number of aromatic nitrogens is 1. The maximum Gasteiger partial charge on any atom is 0.209 e. The summed E-state index contributed by atoms with van der Waals surface area (Å²) in [6.45, 7) is 6.30. The highest BCUT2D eigenvalue weighted by Crippen LogP contribution is 2.25. The molecule has 2 aromatic carbocycles. The molecule has 0 aliphatic carbocycles. The van der Waals surface area contributed by atoms with Gasteiger partial charge in [-0.3, -0.25) is 4.79 Å². The van der Waals surface area contributed by atoms with Gasteiger partial charge in [-0.25, -0.2) is 0 Å². The molecule has 110 valence electrons. The lowest BCUT2D eigenvalue weighted by molar-refractivity contribution is 0.103. The molecule has 0 unspecified atom stereocenters. The molecule has 0 amide bonds. The van der Waals surface area contributed by atoms with E-state index in [4.69, 9.17) is 0 Å². The number of fused-ring (bicyclic) bond motifs is 1. The van der Waals surface area contributed by atoms with E-state index in [2.05, 4.69) is 6.58 Å². The van der Waals surface area contributed by atoms with Gasteiger partial charge in [-0.1, -0.05) is 35.9 Å². The van der Waals surface area contributed by atoms with Crippen molar-refractivity contribution in [2.24, 2.45) is 0 Å². The minimum atomic E-state index is -0.0301. The quantitative estimate of drug-likeness (QED) is 0.581. The van der Waals surface area contributed by atoms with E-state index in [9.17, 15) is 9.90 Å². The van der Waals surface area contributed by atoms with Crippen molar-refractivity contribution in [3.63, 3.8) is 0 Å². The van der Waals surface area contributed by atoms with Crippen LogP contribution < -0.4 is 0 Å². The lowest BCUT2D eigenvalue weighted by Gasteiger charge is -2.08. The number of aryl methyl sites for hydroxylation is 1. The van der Waals surface area contributed by atoms with Gasteiger partial charge in [-0.15, -0.1) is 6.58 Å². The number of carbonyl (C=O) groups is 1. The van der Waals surface area contributed by atoms with Crippen molar-refractivity contribution in [3.05, 3.63) is 78.0 Å². The standard InChI is InChI=1S/C19H17NO2/c1-3-10-20-17-9-8-16(21)11-15(17)12-18(20)19(22)14-6-4-13(2)5-7-14/h3-9,11-12,21H,1,10H2,2H3. The van der Waals surface area contributed by atoms with Crippen LogP contribution in [0.1, 0.15) is 21.6 Å². The molecule has 3 aromatic rings. The van der Waals surface area contributed by atoms with Gasteiger partial charge in [0.05, 0.1) is 5.69 Å². The number of aromatic hydroxyl groups is 1. The van der Waals surface area contributed by atoms with Gasteiger partial charge in [0.25, 0.3) is 0 Å². The monoisotopic (exact) mass is 291 g/mol. The Bertz CT molecular complexity index is 857. The third-order valence-electron chi connectivity index (χ3n) is 3.74. The number of allylic oxidation sites excluding steroid dienone is 1. The van der Waals surface area contributed by atoms with Crippen LogP contribution in [-0.4, -0.2) is 15.5 Å². The summed E-state index contributed by atoms with van der Waals surface area (Å²) in [6, 6.07) is 14.5. The highest BCUT2D eigenvalue weighted by molar-refractivity contribution is 6.10. The fraction of sp³-hybridized carbons (Fsp3) is 0.105. The predicted octanol–water partition coefficient (Wildman–Crippen LogP) is 4.07. The van der Waals surface area contributed by atoms with Crippen molar-refractivity contribution < 1.29 is 9.90 Å². The second kappa shape index (κ2) is 5.53. The average Bonchev–Trinajstić information content (AvgIpc) is 2.85. The maximum atomic E-state index is 12.8. The van der Waals surface area contributed by atoms with Crippen LogP contribution in [0.15, 0.2) is 61.2 Å². The SMILES string of the molecule is C=CCn1c(C(=O)c2ccc(C)cc2)cc2cc(O)ccc21. The molecule has 0 fully saturated rings. The van der Waals surface area contributed by atoms with E-state index < -0.39 is 0 Å². The Labute approximate surface area is 129 Å². The van der Waals surface area contributed by atoms with Crippen molar-refractivity contribution in [1.82, 2.24) is 4.57 Å². The zero-order valence-corrected chi connectivity index (χ0v) is 12.4. The van der Waals surface area contributed by atoms with E-state index in [1.54, 1.807) is 18.2 Å². The van der Waals surface area contributed by atoms with Crippen molar-refractivity contribution in [3.8, 4) is 5.75 Å². The van der Waals surface area contributed by atoms with Gasteiger partial charge in [0, 0.05) is 23.0 Å². The van der Waals surface area contributed by atoms with Gasteiger partial charge in [-0.2, -0.15) is 0 Å². The number of phenolic OH excluding ortho intramolecular Hbond substituents is 1. The van der Waals surface area contributed by atoms with E-state index >= 15 is 0 Å². The first-order valence-electron chi connectivity index (χ1n) is 7.14. The molecule has 0 spiro atoms. The summed E-state index contributed by atoms with van der Waals surface area (Å²) in [7, 11) is 0. The number of carbonyl (C=O) groups excluding carboxylic acids is 1. The van der Waals surface area contributed by atoms with E-state index in [-0.39, 0.29) is 11.5 Å². The molecular formula is C19H17NO2. The number of ketones is 1. The van der Waals surface area contributed by atoms with Crippen LogP contribution in [-0.2, 0) is 6.54 Å². The summed E-state index contributed by atoms with van der Waals surface area (Å²) < 4.78 is 1.92. The Balaban J connectivity index is 2.16. The number of rotatable bonds is 4. The second-order valence-electron chi connectivity index (χ2n) is 5.37. The first-order valence-corrected chi connectivity index (χ1v) is 7.14. The van der Waals surface area contributed by atoms with Gasteiger partial charge >= 0.3 is 0 Å². The molecule has 0 aliphatic rings. The fourth-order valence-corrected chi connectivity index (χ4v) is 2.63. The van der Waals surface area contributed by atoms with Crippen molar-refractivity contribution >= 4 is 16.7 Å². The molecule has 22 heavy (non-hydrogen) atoms. The molecule has 3 heteroatoms. The van der Waals surface area contributed by atoms with Crippen LogP contribution in [0.3, 0.4) is 0 Å². The molecule has 3 rings (SSSR count). The molecule has 0 radical (unpaired) electrons. The summed E-state index contributed by atoms with van der Waals surface area (Å²) in [5, 5.41) is 10.5. The topological polar surface area (TPSA) is 42.2 Å². The number of hydrogen-bond donors (Lipinski definition) is 1. The van der Waals surface area contributed by atoms with Crippen LogP contribution in [0.25, 0.3) is 10.9 Å². The highest BCUT2D eigenvalue weighted by atomic mass is 16.3. The third-order valence-corrected chi connectivity index (χ3v) is 3.74. The van der Waals surface area contributed by atoms with Gasteiger partial charge in [0.15, 0.2) is 0 Å². The molecule has 0 aliphatic heterocycles. The van der Waals surface area contributed by atoms with E-state index in [0.717, 1.165) is 16.5 Å². The Morgan fingerprint density at radius 1 is 1.18 bits per heavy atom. The molecule has 3 nitrogen and oxygen atoms in total. The molecule has 1 N–H and O–H groups in total. The molecule has 1 heterocycles. The van der Waals surface area contributed by atoms with Crippen LogP contribution in [0.5, 0.6) is 5.75 Å². The van der Waals surface area contributed by atoms with Crippen LogP contribution >= 0.6 is 0 Å². The lowest BCUT2D eigenvalue weighted by atomic mass is 10.1. The van der Waals surface area contributed by atoms with Crippen molar-refractivity contribution in [1.29, 1.82) is 0 Å². The summed E-state index contributed by atoms with van der Waals surface area (Å²) in [4.78, 5) is 12.8. The summed E-state index contributed by atoms with van der Waals surface area (Å²) >= 11 is 0. The molecule has 0 saturated heterocycles. The first-order chi connectivity index (χ1) is 10.6.